The predicted molar refractivity (Wildman–Crippen MR) is 337 cm³/mol. The van der Waals surface area contributed by atoms with Crippen LogP contribution in [0.5, 0.6) is 0 Å². The quantitative estimate of drug-likeness (QED) is 0.0268. The number of benzene rings is 7. The molecular formula is C68H77N7O9S. The van der Waals surface area contributed by atoms with Crippen molar-refractivity contribution in [2.24, 2.45) is 0 Å². The van der Waals surface area contributed by atoms with Crippen molar-refractivity contribution in [3.05, 3.63) is 178 Å². The van der Waals surface area contributed by atoms with E-state index in [9.17, 15) is 42.0 Å². The summed E-state index contributed by atoms with van der Waals surface area (Å²) in [6.07, 6.45) is 4.67. The number of imide groups is 2. The van der Waals surface area contributed by atoms with E-state index < -0.39 is 39.6 Å². The first-order valence-electron chi connectivity index (χ1n) is 29.8. The van der Waals surface area contributed by atoms with Gasteiger partial charge in [0.15, 0.2) is 11.6 Å². The van der Waals surface area contributed by atoms with Gasteiger partial charge >= 0.3 is 0 Å². The SMILES string of the molecule is CCN(CC)CCCCC(=O)c1cc(NC(=O)c2ccc(N3C(=O)c4cccc5cccc(c45)C3=O)cc2)cc(C(=O)CCCCN(CC)CC)c1.CCN(CC)CCCNS(=O)(=O)c1ccc(N2C(=O)c3cccc4cccc(c34)C2=O)cc1. The monoisotopic (exact) mass is 1170 g/mol. The second-order valence-corrected chi connectivity index (χ2v) is 23.0. The molecule has 2 aliphatic rings. The Morgan fingerprint density at radius 3 is 1.18 bits per heavy atom. The molecule has 0 saturated heterocycles. The summed E-state index contributed by atoms with van der Waals surface area (Å²) in [7, 11) is -3.68. The Morgan fingerprint density at radius 2 is 0.800 bits per heavy atom. The molecule has 0 radical (unpaired) electrons. The molecule has 2 aliphatic heterocycles. The molecule has 0 unspecified atom stereocenters. The number of Topliss-reactive ketones (excluding diaryl/α,β-unsaturated/α-hetero) is 2. The molecule has 7 aromatic carbocycles. The number of nitrogens with one attached hydrogen (secondary N) is 2. The van der Waals surface area contributed by atoms with Crippen molar-refractivity contribution in [1.29, 1.82) is 0 Å². The highest BCUT2D eigenvalue weighted by molar-refractivity contribution is 7.89. The van der Waals surface area contributed by atoms with Crippen molar-refractivity contribution in [3.8, 4) is 0 Å². The minimum Gasteiger partial charge on any atom is -0.322 e. The zero-order valence-electron chi connectivity index (χ0n) is 49.6. The lowest BCUT2D eigenvalue weighted by atomic mass is 9.93. The van der Waals surface area contributed by atoms with E-state index in [4.69, 9.17) is 0 Å². The number of nitrogens with zero attached hydrogens (tertiary/aromatic N) is 5. The van der Waals surface area contributed by atoms with E-state index in [1.165, 1.54) is 24.3 Å². The van der Waals surface area contributed by atoms with Gasteiger partial charge in [0.25, 0.3) is 29.5 Å². The van der Waals surface area contributed by atoms with Crippen molar-refractivity contribution in [3.63, 3.8) is 0 Å². The third-order valence-electron chi connectivity index (χ3n) is 16.1. The third kappa shape index (κ3) is 14.7. The number of unbranched alkanes of at least 4 members (excludes halogenated alkanes) is 2. The minimum absolute atomic E-state index is 0.0660. The standard InChI is InChI=1S/C43H50N4O5.C25H27N3O4S/c1-5-45(6-2)25-11-9-19-38(48)32-27-33(39(49)20-10-12-26-46(7-3)8-4)29-34(28-32)44-41(50)31-21-23-35(24-22-31)47-42(51)36-17-13-15-30-16-14-18-37(40(30)36)43(47)52;1-3-27(4-2)17-7-16-26-33(31,32)20-14-12-19(13-15-20)28-24(29)21-10-5-8-18-9-6-11-22(23(18)21)25(28)30/h13-18,21-24,27-29H,5-12,19-20,25-26H2,1-4H3,(H,44,50);5-6,8-15,26H,3-4,7,16-17H2,1-2H3. The van der Waals surface area contributed by atoms with Crippen molar-refractivity contribution in [2.75, 3.05) is 80.6 Å². The number of rotatable bonds is 28. The van der Waals surface area contributed by atoms with Gasteiger partial charge in [-0.15, -0.1) is 0 Å². The number of carbonyl (C=O) groups is 7. The maximum atomic E-state index is 13.5. The largest absolute Gasteiger partial charge is 0.322 e. The van der Waals surface area contributed by atoms with Crippen LogP contribution in [0.25, 0.3) is 21.5 Å². The van der Waals surface area contributed by atoms with Crippen molar-refractivity contribution < 1.29 is 42.0 Å². The molecule has 7 aromatic rings. The van der Waals surface area contributed by atoms with Gasteiger partial charge in [0.1, 0.15) is 0 Å². The average Bonchev–Trinajstić information content (AvgIpc) is 1.26. The molecule has 85 heavy (non-hydrogen) atoms. The third-order valence-corrected chi connectivity index (χ3v) is 17.5. The first-order valence-corrected chi connectivity index (χ1v) is 31.2. The van der Waals surface area contributed by atoms with E-state index in [1.54, 1.807) is 91.0 Å². The zero-order chi connectivity index (χ0) is 60.8. The molecule has 0 fully saturated rings. The number of hydrogen-bond donors (Lipinski definition) is 2. The van der Waals surface area contributed by atoms with Crippen molar-refractivity contribution in [2.45, 2.75) is 91.4 Å². The average molecular weight is 1170 g/mol. The van der Waals surface area contributed by atoms with Crippen molar-refractivity contribution in [1.82, 2.24) is 19.4 Å². The first-order chi connectivity index (χ1) is 41.0. The zero-order valence-corrected chi connectivity index (χ0v) is 50.4. The summed E-state index contributed by atoms with van der Waals surface area (Å²) in [6.45, 7) is 21.4. The lowest BCUT2D eigenvalue weighted by Gasteiger charge is -2.27. The van der Waals surface area contributed by atoms with Crippen molar-refractivity contribution >= 4 is 89.7 Å². The highest BCUT2D eigenvalue weighted by atomic mass is 32.2. The number of sulfonamides is 1. The summed E-state index contributed by atoms with van der Waals surface area (Å²) in [6, 6.07) is 38.5. The van der Waals surface area contributed by atoms with Gasteiger partial charge in [0.2, 0.25) is 10.0 Å². The second-order valence-electron chi connectivity index (χ2n) is 21.2. The first kappa shape index (κ1) is 63.0. The van der Waals surface area contributed by atoms with Gasteiger partial charge in [-0.3, -0.25) is 33.6 Å². The van der Waals surface area contributed by atoms with Crippen LogP contribution < -0.4 is 19.8 Å². The fraction of sp³-hybridized carbons (Fsp3) is 0.338. The van der Waals surface area contributed by atoms with E-state index in [2.05, 4.69) is 66.3 Å². The molecule has 2 heterocycles. The molecule has 5 amide bonds. The Hall–Kier alpha value is -8.06. The molecular weight excluding hydrogens is 1090 g/mol. The van der Waals surface area contributed by atoms with Gasteiger partial charge < -0.3 is 20.0 Å². The van der Waals surface area contributed by atoms with Crippen LogP contribution >= 0.6 is 0 Å². The second kappa shape index (κ2) is 29.2. The van der Waals surface area contributed by atoms with Crippen LogP contribution in [0.2, 0.25) is 0 Å². The van der Waals surface area contributed by atoms with Crippen LogP contribution in [0.15, 0.2) is 144 Å². The van der Waals surface area contributed by atoms with Crippen LogP contribution in [0.3, 0.4) is 0 Å². The van der Waals surface area contributed by atoms with Gasteiger partial charge in [-0.25, -0.2) is 22.9 Å². The van der Waals surface area contributed by atoms with Crippen LogP contribution in [-0.4, -0.2) is 130 Å². The molecule has 16 nitrogen and oxygen atoms in total. The summed E-state index contributed by atoms with van der Waals surface area (Å²) in [5.74, 6) is -2.27. The number of carbonyl (C=O) groups excluding carboxylic acids is 7. The molecule has 17 heteroatoms. The number of ketones is 2. The summed E-state index contributed by atoms with van der Waals surface area (Å²) in [5.41, 5.74) is 3.94. The van der Waals surface area contributed by atoms with Crippen LogP contribution in [0, 0.1) is 0 Å². The summed E-state index contributed by atoms with van der Waals surface area (Å²) < 4.78 is 27.9. The van der Waals surface area contributed by atoms with Gasteiger partial charge in [0, 0.05) is 74.8 Å². The Balaban J connectivity index is 0.000000244. The Kier molecular flexibility index (Phi) is 21.6. The summed E-state index contributed by atoms with van der Waals surface area (Å²) in [5, 5.41) is 5.83. The molecule has 444 valence electrons. The van der Waals surface area contributed by atoms with Gasteiger partial charge in [-0.2, -0.15) is 0 Å². The van der Waals surface area contributed by atoms with E-state index in [1.807, 2.05) is 24.3 Å². The molecule has 0 bridgehead atoms. The number of anilines is 3. The maximum Gasteiger partial charge on any atom is 0.265 e. The fourth-order valence-corrected chi connectivity index (χ4v) is 12.1. The molecule has 0 spiro atoms. The Labute approximate surface area is 499 Å². The van der Waals surface area contributed by atoms with Crippen LogP contribution in [-0.2, 0) is 10.0 Å². The molecule has 2 N–H and O–H groups in total. The molecule has 0 aliphatic carbocycles. The smallest absolute Gasteiger partial charge is 0.265 e. The van der Waals surface area contributed by atoms with Gasteiger partial charge in [0.05, 0.1) is 16.3 Å². The van der Waals surface area contributed by atoms with E-state index in [0.29, 0.717) is 92.6 Å². The Bertz CT molecular complexity index is 3550. The molecule has 0 atom stereocenters. The van der Waals surface area contributed by atoms with E-state index in [-0.39, 0.29) is 16.5 Å². The number of hydrogen-bond acceptors (Lipinski definition) is 12. The summed E-state index contributed by atoms with van der Waals surface area (Å²) >= 11 is 0. The molecule has 9 rings (SSSR count). The Morgan fingerprint density at radius 1 is 0.435 bits per heavy atom. The van der Waals surface area contributed by atoms with Crippen LogP contribution in [0.4, 0.5) is 17.1 Å². The maximum absolute atomic E-state index is 13.5. The molecule has 0 aromatic heterocycles. The number of amides is 5. The normalized spacial score (nSPS) is 13.1. The van der Waals surface area contributed by atoms with Gasteiger partial charge in [-0.1, -0.05) is 90.1 Å². The van der Waals surface area contributed by atoms with E-state index >= 15 is 0 Å². The topological polar surface area (TPSA) is 194 Å². The minimum atomic E-state index is -3.68. The lowest BCUT2D eigenvalue weighted by Crippen LogP contribution is -2.40. The highest BCUT2D eigenvalue weighted by Gasteiger charge is 2.35. The highest BCUT2D eigenvalue weighted by Crippen LogP contribution is 2.35. The summed E-state index contributed by atoms with van der Waals surface area (Å²) in [4.78, 5) is 103. The fourth-order valence-electron chi connectivity index (χ4n) is 11.0. The van der Waals surface area contributed by atoms with Crippen LogP contribution in [0.1, 0.15) is 159 Å². The lowest BCUT2D eigenvalue weighted by molar-refractivity contribution is 0.0877. The van der Waals surface area contributed by atoms with Gasteiger partial charge in [-0.05, 0) is 193 Å². The van der Waals surface area contributed by atoms with E-state index in [0.717, 1.165) is 105 Å². The molecule has 0 saturated carbocycles. The predicted octanol–water partition coefficient (Wildman–Crippen LogP) is 11.9.